The van der Waals surface area contributed by atoms with Crippen LogP contribution in [0.15, 0.2) is 0 Å². The van der Waals surface area contributed by atoms with E-state index in [-0.39, 0.29) is 18.9 Å². The smallest absolute Gasteiger partial charge is 0.317 e. The van der Waals surface area contributed by atoms with Crippen molar-refractivity contribution in [3.05, 3.63) is 0 Å². The molecular formula is C10H17F3N2. The summed E-state index contributed by atoms with van der Waals surface area (Å²) in [4.78, 5) is 0. The lowest BCUT2D eigenvalue weighted by Gasteiger charge is -2.26. The van der Waals surface area contributed by atoms with Gasteiger partial charge in [-0.2, -0.15) is 13.2 Å². The van der Waals surface area contributed by atoms with Gasteiger partial charge in [-0.15, -0.1) is 0 Å². The van der Waals surface area contributed by atoms with Crippen LogP contribution in [0.2, 0.25) is 0 Å². The Morgan fingerprint density at radius 2 is 1.87 bits per heavy atom. The van der Waals surface area contributed by atoms with Crippen molar-refractivity contribution in [2.45, 2.75) is 49.9 Å². The molecule has 0 radical (unpaired) electrons. The third-order valence-electron chi connectivity index (χ3n) is 3.35. The Labute approximate surface area is 87.6 Å². The molecule has 0 bridgehead atoms. The van der Waals surface area contributed by atoms with Crippen LogP contribution >= 0.6 is 0 Å². The van der Waals surface area contributed by atoms with Crippen LogP contribution in [0.4, 0.5) is 13.2 Å². The maximum absolute atomic E-state index is 12.7. The molecule has 2 N–H and O–H groups in total. The minimum atomic E-state index is -4.08. The molecule has 88 valence electrons. The maximum Gasteiger partial charge on any atom is 0.406 e. The van der Waals surface area contributed by atoms with Gasteiger partial charge >= 0.3 is 6.18 Å². The second-order valence-electron chi connectivity index (χ2n) is 4.60. The minimum absolute atomic E-state index is 0.0316. The normalized spacial score (nSPS) is 31.0. The van der Waals surface area contributed by atoms with Gasteiger partial charge in [0.15, 0.2) is 0 Å². The van der Waals surface area contributed by atoms with Gasteiger partial charge in [0, 0.05) is 6.04 Å². The Kier molecular flexibility index (Phi) is 2.94. The topological polar surface area (TPSA) is 24.1 Å². The van der Waals surface area contributed by atoms with Gasteiger partial charge in [0.25, 0.3) is 0 Å². The SMILES string of the molecule is FC(F)(F)C1(NC2CCCNCC2)CC1. The largest absolute Gasteiger partial charge is 0.406 e. The van der Waals surface area contributed by atoms with Crippen LogP contribution in [0, 0.1) is 0 Å². The van der Waals surface area contributed by atoms with E-state index >= 15 is 0 Å². The van der Waals surface area contributed by atoms with E-state index in [0.717, 1.165) is 32.4 Å². The van der Waals surface area contributed by atoms with Crippen LogP contribution in [-0.2, 0) is 0 Å². The van der Waals surface area contributed by atoms with Crippen LogP contribution in [-0.4, -0.2) is 30.8 Å². The molecule has 15 heavy (non-hydrogen) atoms. The lowest BCUT2D eigenvalue weighted by molar-refractivity contribution is -0.168. The van der Waals surface area contributed by atoms with Crippen molar-refractivity contribution in [1.82, 2.24) is 10.6 Å². The van der Waals surface area contributed by atoms with E-state index in [0.29, 0.717) is 0 Å². The van der Waals surface area contributed by atoms with Gasteiger partial charge in [-0.3, -0.25) is 0 Å². The van der Waals surface area contributed by atoms with Crippen LogP contribution in [0.5, 0.6) is 0 Å². The number of rotatable bonds is 2. The first-order valence-electron chi connectivity index (χ1n) is 5.59. The standard InChI is InChI=1S/C10H17F3N2/c11-10(12,13)9(4-5-9)15-8-2-1-6-14-7-3-8/h8,14-15H,1-7H2. The van der Waals surface area contributed by atoms with Gasteiger partial charge in [-0.05, 0) is 45.2 Å². The van der Waals surface area contributed by atoms with Gasteiger partial charge in [-0.25, -0.2) is 0 Å². The third-order valence-corrected chi connectivity index (χ3v) is 3.35. The summed E-state index contributed by atoms with van der Waals surface area (Å²) < 4.78 is 38.0. The fourth-order valence-corrected chi connectivity index (χ4v) is 2.19. The van der Waals surface area contributed by atoms with Gasteiger partial charge in [0.2, 0.25) is 0 Å². The molecule has 0 aromatic rings. The Hall–Kier alpha value is -0.290. The predicted octanol–water partition coefficient (Wildman–Crippen LogP) is 1.81. The summed E-state index contributed by atoms with van der Waals surface area (Å²) in [5, 5.41) is 6.02. The Morgan fingerprint density at radius 1 is 1.13 bits per heavy atom. The first kappa shape index (κ1) is 11.2. The third kappa shape index (κ3) is 2.45. The Balaban J connectivity index is 1.90. The molecule has 1 aliphatic heterocycles. The number of alkyl halides is 3. The molecule has 1 unspecified atom stereocenters. The van der Waals surface area contributed by atoms with E-state index in [4.69, 9.17) is 0 Å². The highest BCUT2D eigenvalue weighted by molar-refractivity contribution is 5.09. The van der Waals surface area contributed by atoms with Crippen molar-refractivity contribution in [2.75, 3.05) is 13.1 Å². The van der Waals surface area contributed by atoms with E-state index in [1.807, 2.05) is 0 Å². The summed E-state index contributed by atoms with van der Waals surface area (Å²) in [6, 6.07) is 0.0316. The van der Waals surface area contributed by atoms with Gasteiger partial charge in [0.1, 0.15) is 5.54 Å². The van der Waals surface area contributed by atoms with E-state index < -0.39 is 11.7 Å². The number of hydrogen-bond acceptors (Lipinski definition) is 2. The van der Waals surface area contributed by atoms with Crippen LogP contribution < -0.4 is 10.6 Å². The molecule has 0 aromatic heterocycles. The van der Waals surface area contributed by atoms with E-state index in [9.17, 15) is 13.2 Å². The molecule has 0 aromatic carbocycles. The first-order chi connectivity index (χ1) is 7.04. The zero-order valence-corrected chi connectivity index (χ0v) is 8.66. The van der Waals surface area contributed by atoms with Crippen molar-refractivity contribution in [2.24, 2.45) is 0 Å². The Bertz CT molecular complexity index is 215. The highest BCUT2D eigenvalue weighted by Crippen LogP contribution is 2.49. The second kappa shape index (κ2) is 3.94. The summed E-state index contributed by atoms with van der Waals surface area (Å²) in [6.45, 7) is 1.75. The van der Waals surface area contributed by atoms with Crippen LogP contribution in [0.3, 0.4) is 0 Å². The summed E-state index contributed by atoms with van der Waals surface area (Å²) in [5.41, 5.74) is -1.54. The summed E-state index contributed by atoms with van der Waals surface area (Å²) in [5.74, 6) is 0. The van der Waals surface area contributed by atoms with E-state index in [1.54, 1.807) is 0 Å². The maximum atomic E-state index is 12.7. The second-order valence-corrected chi connectivity index (χ2v) is 4.60. The molecule has 1 aliphatic carbocycles. The first-order valence-corrected chi connectivity index (χ1v) is 5.59. The molecule has 2 aliphatic rings. The average Bonchev–Trinajstić information content (AvgIpc) is 2.90. The minimum Gasteiger partial charge on any atom is -0.317 e. The highest BCUT2D eigenvalue weighted by atomic mass is 19.4. The quantitative estimate of drug-likeness (QED) is 0.744. The summed E-state index contributed by atoms with van der Waals surface area (Å²) in [6.07, 6.45) is -0.956. The molecule has 2 fully saturated rings. The molecule has 0 amide bonds. The molecule has 1 saturated heterocycles. The van der Waals surface area contributed by atoms with Crippen molar-refractivity contribution in [3.63, 3.8) is 0 Å². The van der Waals surface area contributed by atoms with E-state index in [2.05, 4.69) is 10.6 Å². The molecule has 1 heterocycles. The zero-order chi connectivity index (χ0) is 10.9. The number of hydrogen-bond donors (Lipinski definition) is 2. The highest BCUT2D eigenvalue weighted by Gasteiger charge is 2.63. The fraction of sp³-hybridized carbons (Fsp3) is 1.00. The lowest BCUT2D eigenvalue weighted by Crippen LogP contribution is -2.49. The molecule has 2 nitrogen and oxygen atoms in total. The number of nitrogens with one attached hydrogen (secondary N) is 2. The average molecular weight is 222 g/mol. The molecule has 5 heteroatoms. The van der Waals surface area contributed by atoms with Crippen LogP contribution in [0.1, 0.15) is 32.1 Å². The molecule has 2 rings (SSSR count). The molecule has 1 saturated carbocycles. The van der Waals surface area contributed by atoms with Crippen LogP contribution in [0.25, 0.3) is 0 Å². The van der Waals surface area contributed by atoms with Crippen molar-refractivity contribution < 1.29 is 13.2 Å². The molecule has 1 atom stereocenters. The zero-order valence-electron chi connectivity index (χ0n) is 8.66. The summed E-state index contributed by atoms with van der Waals surface area (Å²) in [7, 11) is 0. The van der Waals surface area contributed by atoms with Gasteiger partial charge in [0.05, 0.1) is 0 Å². The van der Waals surface area contributed by atoms with Gasteiger partial charge < -0.3 is 10.6 Å². The van der Waals surface area contributed by atoms with E-state index in [1.165, 1.54) is 0 Å². The number of halogens is 3. The summed E-state index contributed by atoms with van der Waals surface area (Å²) >= 11 is 0. The van der Waals surface area contributed by atoms with Gasteiger partial charge in [-0.1, -0.05) is 0 Å². The monoisotopic (exact) mass is 222 g/mol. The Morgan fingerprint density at radius 3 is 2.47 bits per heavy atom. The lowest BCUT2D eigenvalue weighted by atomic mass is 10.1. The predicted molar refractivity (Wildman–Crippen MR) is 51.7 cm³/mol. The molecular weight excluding hydrogens is 205 g/mol. The van der Waals surface area contributed by atoms with Crippen molar-refractivity contribution in [3.8, 4) is 0 Å². The molecule has 0 spiro atoms. The van der Waals surface area contributed by atoms with Crippen molar-refractivity contribution in [1.29, 1.82) is 0 Å². The fourth-order valence-electron chi connectivity index (χ4n) is 2.19. The van der Waals surface area contributed by atoms with Crippen molar-refractivity contribution >= 4 is 0 Å².